The molecule has 0 atom stereocenters. The van der Waals surface area contributed by atoms with Gasteiger partial charge in [-0.1, -0.05) is 6.92 Å². The Morgan fingerprint density at radius 2 is 2.08 bits per heavy atom. The third-order valence-electron chi connectivity index (χ3n) is 1.37. The molecule has 4 heteroatoms. The van der Waals surface area contributed by atoms with E-state index in [4.69, 9.17) is 0 Å². The van der Waals surface area contributed by atoms with Crippen molar-refractivity contribution in [1.82, 2.24) is 10.6 Å². The van der Waals surface area contributed by atoms with Crippen molar-refractivity contribution in [3.05, 3.63) is 0 Å². The van der Waals surface area contributed by atoms with Gasteiger partial charge in [-0.05, 0) is 6.42 Å². The molecule has 0 aromatic rings. The molecule has 0 aromatic carbocycles. The molecule has 72 valence electrons. The fourth-order valence-corrected chi connectivity index (χ4v) is 0.747. The summed E-state index contributed by atoms with van der Waals surface area (Å²) in [6.07, 6.45) is 1.38. The van der Waals surface area contributed by atoms with Gasteiger partial charge < -0.3 is 10.6 Å². The van der Waals surface area contributed by atoms with Crippen LogP contribution in [0.15, 0.2) is 0 Å². The summed E-state index contributed by atoms with van der Waals surface area (Å²) in [5, 5.41) is 5.54. The lowest BCUT2D eigenvalue weighted by Gasteiger charge is -2.03. The number of carbonyl (C=O) groups excluding carboxylic acids is 1. The van der Waals surface area contributed by atoms with Gasteiger partial charge in [0, 0.05) is 26.1 Å². The van der Waals surface area contributed by atoms with Crippen LogP contribution < -0.4 is 10.6 Å². The van der Waals surface area contributed by atoms with Gasteiger partial charge in [0.2, 0.25) is 5.91 Å². The van der Waals surface area contributed by atoms with Crippen LogP contribution in [0, 0.1) is 0 Å². The van der Waals surface area contributed by atoms with E-state index in [2.05, 4.69) is 10.6 Å². The first-order valence-electron chi connectivity index (χ1n) is 4.34. The molecule has 0 aliphatic heterocycles. The number of nitrogens with one attached hydrogen (secondary N) is 2. The summed E-state index contributed by atoms with van der Waals surface area (Å²) in [4.78, 5) is 10.9. The van der Waals surface area contributed by atoms with Crippen molar-refractivity contribution in [2.24, 2.45) is 0 Å². The summed E-state index contributed by atoms with van der Waals surface area (Å²) in [6.45, 7) is 3.24. The van der Waals surface area contributed by atoms with Crippen LogP contribution in [0.2, 0.25) is 0 Å². The van der Waals surface area contributed by atoms with Crippen molar-refractivity contribution in [3.63, 3.8) is 0 Å². The monoisotopic (exact) mass is 176 g/mol. The number of hydrogen-bond donors (Lipinski definition) is 2. The highest BCUT2D eigenvalue weighted by Crippen LogP contribution is 1.78. The molecule has 0 fully saturated rings. The first-order chi connectivity index (χ1) is 5.81. The zero-order valence-electron chi connectivity index (χ0n) is 7.53. The molecule has 0 heterocycles. The Morgan fingerprint density at radius 3 is 2.67 bits per heavy atom. The third kappa shape index (κ3) is 7.47. The molecule has 0 aliphatic rings. The van der Waals surface area contributed by atoms with E-state index in [-0.39, 0.29) is 12.6 Å². The van der Waals surface area contributed by atoms with Gasteiger partial charge in [0.25, 0.3) is 0 Å². The molecule has 0 spiro atoms. The van der Waals surface area contributed by atoms with Crippen molar-refractivity contribution in [2.75, 3.05) is 26.3 Å². The normalized spacial score (nSPS) is 9.83. The van der Waals surface area contributed by atoms with Crippen LogP contribution in [0.3, 0.4) is 0 Å². The van der Waals surface area contributed by atoms with Crippen molar-refractivity contribution in [1.29, 1.82) is 0 Å². The molecule has 3 nitrogen and oxygen atoms in total. The molecule has 0 saturated heterocycles. The summed E-state index contributed by atoms with van der Waals surface area (Å²) in [7, 11) is 0. The summed E-state index contributed by atoms with van der Waals surface area (Å²) >= 11 is 0. The maximum absolute atomic E-state index is 11.6. The van der Waals surface area contributed by atoms with Gasteiger partial charge in [-0.15, -0.1) is 0 Å². The van der Waals surface area contributed by atoms with E-state index in [1.165, 1.54) is 0 Å². The van der Waals surface area contributed by atoms with Gasteiger partial charge in [-0.2, -0.15) is 0 Å². The van der Waals surface area contributed by atoms with Gasteiger partial charge >= 0.3 is 0 Å². The van der Waals surface area contributed by atoms with Gasteiger partial charge in [0.1, 0.15) is 6.67 Å². The van der Waals surface area contributed by atoms with E-state index in [0.29, 0.717) is 19.5 Å². The molecule has 0 radical (unpaired) electrons. The molecule has 0 saturated carbocycles. The molecule has 0 aromatic heterocycles. The quantitative estimate of drug-likeness (QED) is 0.553. The number of alkyl halides is 1. The van der Waals surface area contributed by atoms with Gasteiger partial charge in [-0.25, -0.2) is 4.39 Å². The Balaban J connectivity index is 3.08. The van der Waals surface area contributed by atoms with Gasteiger partial charge in [0.05, 0.1) is 0 Å². The Kier molecular flexibility index (Phi) is 8.01. The smallest absolute Gasteiger partial charge is 0.221 e. The molecule has 0 bridgehead atoms. The highest BCUT2D eigenvalue weighted by molar-refractivity contribution is 5.75. The molecule has 12 heavy (non-hydrogen) atoms. The molecule has 0 rings (SSSR count). The second-order valence-electron chi connectivity index (χ2n) is 2.54. The summed E-state index contributed by atoms with van der Waals surface area (Å²) < 4.78 is 11.6. The van der Waals surface area contributed by atoms with Crippen molar-refractivity contribution < 1.29 is 9.18 Å². The van der Waals surface area contributed by atoms with Gasteiger partial charge in [0.15, 0.2) is 0 Å². The minimum atomic E-state index is -0.378. The van der Waals surface area contributed by atoms with E-state index in [1.54, 1.807) is 0 Å². The van der Waals surface area contributed by atoms with Crippen LogP contribution >= 0.6 is 0 Å². The zero-order chi connectivity index (χ0) is 9.23. The third-order valence-corrected chi connectivity index (χ3v) is 1.37. The minimum absolute atomic E-state index is 0.0307. The molecule has 2 N–H and O–H groups in total. The van der Waals surface area contributed by atoms with Crippen LogP contribution in [0.5, 0.6) is 0 Å². The second-order valence-corrected chi connectivity index (χ2v) is 2.54. The first kappa shape index (κ1) is 11.4. The van der Waals surface area contributed by atoms with Crippen molar-refractivity contribution in [2.45, 2.75) is 19.8 Å². The lowest BCUT2D eigenvalue weighted by atomic mass is 10.4. The fourth-order valence-electron chi connectivity index (χ4n) is 0.747. The maximum Gasteiger partial charge on any atom is 0.221 e. The average Bonchev–Trinajstić information content (AvgIpc) is 2.09. The van der Waals surface area contributed by atoms with Crippen molar-refractivity contribution in [3.8, 4) is 0 Å². The summed E-state index contributed by atoms with van der Waals surface area (Å²) in [6, 6.07) is 0. The lowest BCUT2D eigenvalue weighted by molar-refractivity contribution is -0.120. The van der Waals surface area contributed by atoms with Crippen LogP contribution in [0.4, 0.5) is 4.39 Å². The summed E-state index contributed by atoms with van der Waals surface area (Å²) in [5.41, 5.74) is 0. The number of carbonyl (C=O) groups is 1. The van der Waals surface area contributed by atoms with E-state index in [1.807, 2.05) is 6.92 Å². The second kappa shape index (κ2) is 8.46. The predicted octanol–water partition coefficient (Wildman–Crippen LogP) is 0.462. The van der Waals surface area contributed by atoms with E-state index < -0.39 is 0 Å². The minimum Gasteiger partial charge on any atom is -0.356 e. The van der Waals surface area contributed by atoms with E-state index >= 15 is 0 Å². The standard InChI is InChI=1S/C8H17FN2O/c1-2-5-11-8(12)3-6-10-7-4-9/h10H,2-7H2,1H3,(H,11,12). The molecule has 0 aliphatic carbocycles. The largest absolute Gasteiger partial charge is 0.356 e. The predicted molar refractivity (Wildman–Crippen MR) is 46.8 cm³/mol. The highest BCUT2D eigenvalue weighted by atomic mass is 19.1. The van der Waals surface area contributed by atoms with E-state index in [0.717, 1.165) is 13.0 Å². The van der Waals surface area contributed by atoms with Crippen LogP contribution in [0.25, 0.3) is 0 Å². The number of amides is 1. The summed E-state index contributed by atoms with van der Waals surface area (Å²) in [5.74, 6) is 0.0307. The Hall–Kier alpha value is -0.640. The van der Waals surface area contributed by atoms with Crippen LogP contribution in [-0.2, 0) is 4.79 Å². The topological polar surface area (TPSA) is 41.1 Å². The molecular formula is C8H17FN2O. The van der Waals surface area contributed by atoms with Crippen LogP contribution in [-0.4, -0.2) is 32.2 Å². The first-order valence-corrected chi connectivity index (χ1v) is 4.34. The molecular weight excluding hydrogens is 159 g/mol. The van der Waals surface area contributed by atoms with E-state index in [9.17, 15) is 9.18 Å². The van der Waals surface area contributed by atoms with Crippen molar-refractivity contribution >= 4 is 5.91 Å². The maximum atomic E-state index is 11.6. The Bertz CT molecular complexity index is 120. The number of halogens is 1. The van der Waals surface area contributed by atoms with Crippen LogP contribution in [0.1, 0.15) is 19.8 Å². The zero-order valence-corrected chi connectivity index (χ0v) is 7.53. The highest BCUT2D eigenvalue weighted by Gasteiger charge is 1.97. The lowest BCUT2D eigenvalue weighted by Crippen LogP contribution is -2.28. The fraction of sp³-hybridized carbons (Fsp3) is 0.875. The SMILES string of the molecule is CCCNC(=O)CCNCCF. The Labute approximate surface area is 72.7 Å². The molecule has 0 unspecified atom stereocenters. The molecule has 1 amide bonds. The number of rotatable bonds is 7. The average molecular weight is 176 g/mol. The Morgan fingerprint density at radius 1 is 1.33 bits per heavy atom. The van der Waals surface area contributed by atoms with Gasteiger partial charge in [-0.3, -0.25) is 4.79 Å². The number of hydrogen-bond acceptors (Lipinski definition) is 2.